The molecule has 1 aromatic heterocycles. The van der Waals surface area contributed by atoms with Gasteiger partial charge in [0.05, 0.1) is 3.57 Å². The molecule has 0 N–H and O–H groups in total. The standard InChI is InChI=1S/C8H2F5IN2/c9-7(10)4-1-3(2-15)16-6(5(4)14)8(11,12)13/h1,7H. The Kier molecular flexibility index (Phi) is 3.67. The van der Waals surface area contributed by atoms with Crippen LogP contribution in [0.25, 0.3) is 0 Å². The molecule has 1 rings (SSSR count). The second-order valence-electron chi connectivity index (χ2n) is 2.67. The van der Waals surface area contributed by atoms with Crippen molar-refractivity contribution in [1.29, 1.82) is 5.26 Å². The lowest BCUT2D eigenvalue weighted by molar-refractivity contribution is -0.142. The third-order valence-electron chi connectivity index (χ3n) is 1.60. The maximum Gasteiger partial charge on any atom is 0.434 e. The summed E-state index contributed by atoms with van der Waals surface area (Å²) in [5.41, 5.74) is -2.97. The van der Waals surface area contributed by atoms with Crippen LogP contribution >= 0.6 is 22.6 Å². The molecular formula is C8H2F5IN2. The van der Waals surface area contributed by atoms with Gasteiger partial charge >= 0.3 is 6.18 Å². The number of hydrogen-bond donors (Lipinski definition) is 0. The highest BCUT2D eigenvalue weighted by atomic mass is 127. The number of nitrogens with zero attached hydrogens (tertiary/aromatic N) is 2. The highest BCUT2D eigenvalue weighted by molar-refractivity contribution is 14.1. The van der Waals surface area contributed by atoms with E-state index in [1.54, 1.807) is 0 Å². The minimum Gasteiger partial charge on any atom is -0.231 e. The zero-order valence-corrected chi connectivity index (χ0v) is 9.47. The molecule has 0 atom stereocenters. The van der Waals surface area contributed by atoms with Gasteiger partial charge in [0.1, 0.15) is 11.8 Å². The summed E-state index contributed by atoms with van der Waals surface area (Å²) >= 11 is 1.14. The summed E-state index contributed by atoms with van der Waals surface area (Å²) in [6, 6.07) is 1.97. The van der Waals surface area contributed by atoms with Crippen molar-refractivity contribution in [2.24, 2.45) is 0 Å². The lowest BCUT2D eigenvalue weighted by atomic mass is 10.2. The van der Waals surface area contributed by atoms with Crippen LogP contribution in [0.4, 0.5) is 22.0 Å². The maximum atomic E-state index is 12.4. The molecule has 0 aliphatic heterocycles. The first-order valence-corrected chi connectivity index (χ1v) is 4.81. The van der Waals surface area contributed by atoms with Crippen LogP contribution in [0, 0.1) is 14.9 Å². The van der Waals surface area contributed by atoms with Crippen molar-refractivity contribution < 1.29 is 22.0 Å². The molecule has 0 aliphatic carbocycles. The van der Waals surface area contributed by atoms with Gasteiger partial charge in [-0.25, -0.2) is 13.8 Å². The molecule has 0 bridgehead atoms. The van der Waals surface area contributed by atoms with Crippen LogP contribution in [0.1, 0.15) is 23.4 Å². The van der Waals surface area contributed by atoms with Crippen molar-refractivity contribution >= 4 is 22.6 Å². The molecule has 8 heteroatoms. The molecule has 0 spiro atoms. The second kappa shape index (κ2) is 4.48. The molecule has 0 aliphatic rings. The molecule has 0 unspecified atom stereocenters. The first kappa shape index (κ1) is 13.1. The lowest BCUT2D eigenvalue weighted by Crippen LogP contribution is -2.13. The average Bonchev–Trinajstić information content (AvgIpc) is 2.15. The molecule has 86 valence electrons. The van der Waals surface area contributed by atoms with Crippen LogP contribution in [0.2, 0.25) is 0 Å². The normalized spacial score (nSPS) is 11.6. The fraction of sp³-hybridized carbons (Fsp3) is 0.250. The Morgan fingerprint density at radius 3 is 2.31 bits per heavy atom. The zero-order chi connectivity index (χ0) is 12.5. The van der Waals surface area contributed by atoms with Crippen LogP contribution in [-0.4, -0.2) is 4.98 Å². The van der Waals surface area contributed by atoms with E-state index in [4.69, 9.17) is 5.26 Å². The summed E-state index contributed by atoms with van der Waals surface area (Å²) in [6.45, 7) is 0. The Labute approximate surface area is 100 Å². The summed E-state index contributed by atoms with van der Waals surface area (Å²) in [5, 5.41) is 8.40. The fourth-order valence-corrected chi connectivity index (χ4v) is 1.77. The smallest absolute Gasteiger partial charge is 0.231 e. The van der Waals surface area contributed by atoms with E-state index in [1.807, 2.05) is 0 Å². The summed E-state index contributed by atoms with van der Waals surface area (Å²) < 4.78 is 61.3. The average molecular weight is 348 g/mol. The van der Waals surface area contributed by atoms with Crippen molar-refractivity contribution in [3.8, 4) is 6.07 Å². The Bertz CT molecular complexity index is 449. The van der Waals surface area contributed by atoms with Gasteiger partial charge in [-0.05, 0) is 28.7 Å². The number of pyridine rings is 1. The van der Waals surface area contributed by atoms with Gasteiger partial charge in [0, 0.05) is 5.56 Å². The highest BCUT2D eigenvalue weighted by Gasteiger charge is 2.37. The number of rotatable bonds is 1. The molecule has 0 aromatic carbocycles. The Hall–Kier alpha value is -0.980. The van der Waals surface area contributed by atoms with E-state index >= 15 is 0 Å². The number of alkyl halides is 5. The van der Waals surface area contributed by atoms with Gasteiger partial charge < -0.3 is 0 Å². The Morgan fingerprint density at radius 1 is 1.38 bits per heavy atom. The minimum absolute atomic E-state index is 0.654. The zero-order valence-electron chi connectivity index (χ0n) is 7.32. The maximum absolute atomic E-state index is 12.4. The van der Waals surface area contributed by atoms with Gasteiger partial charge in [-0.3, -0.25) is 0 Å². The fourth-order valence-electron chi connectivity index (χ4n) is 0.953. The number of hydrogen-bond acceptors (Lipinski definition) is 2. The SMILES string of the molecule is N#Cc1cc(C(F)F)c(I)c(C(F)(F)F)n1. The highest BCUT2D eigenvalue weighted by Crippen LogP contribution is 2.35. The van der Waals surface area contributed by atoms with Crippen molar-refractivity contribution in [2.45, 2.75) is 12.6 Å². The van der Waals surface area contributed by atoms with Crippen molar-refractivity contribution in [2.75, 3.05) is 0 Å². The molecule has 1 heterocycles. The largest absolute Gasteiger partial charge is 0.434 e. The van der Waals surface area contributed by atoms with Crippen LogP contribution in [0.5, 0.6) is 0 Å². The van der Waals surface area contributed by atoms with Gasteiger partial charge in [-0.15, -0.1) is 0 Å². The topological polar surface area (TPSA) is 36.7 Å². The van der Waals surface area contributed by atoms with Crippen LogP contribution < -0.4 is 0 Å². The molecule has 0 radical (unpaired) electrons. The second-order valence-corrected chi connectivity index (χ2v) is 3.75. The molecule has 2 nitrogen and oxygen atoms in total. The van der Waals surface area contributed by atoms with E-state index in [0.717, 1.165) is 22.6 Å². The molecule has 0 saturated heterocycles. The Balaban J connectivity index is 3.52. The van der Waals surface area contributed by atoms with Gasteiger partial charge in [0.2, 0.25) is 0 Å². The molecule has 0 fully saturated rings. The molecule has 1 aromatic rings. The summed E-state index contributed by atoms with van der Waals surface area (Å²) in [5.74, 6) is 0. The first-order valence-electron chi connectivity index (χ1n) is 3.73. The van der Waals surface area contributed by atoms with E-state index in [2.05, 4.69) is 4.98 Å². The molecular weight excluding hydrogens is 346 g/mol. The van der Waals surface area contributed by atoms with Crippen LogP contribution in [0.15, 0.2) is 6.07 Å². The minimum atomic E-state index is -4.85. The van der Waals surface area contributed by atoms with E-state index in [9.17, 15) is 22.0 Å². The third-order valence-corrected chi connectivity index (χ3v) is 2.74. The third kappa shape index (κ3) is 2.58. The number of nitriles is 1. The number of aromatic nitrogens is 1. The summed E-state index contributed by atoms with van der Waals surface area (Å²) in [4.78, 5) is 2.98. The lowest BCUT2D eigenvalue weighted by Gasteiger charge is -2.11. The van der Waals surface area contributed by atoms with Crippen LogP contribution in [0.3, 0.4) is 0 Å². The van der Waals surface area contributed by atoms with Crippen LogP contribution in [-0.2, 0) is 6.18 Å². The van der Waals surface area contributed by atoms with Gasteiger partial charge in [-0.1, -0.05) is 0 Å². The number of halogens is 6. The predicted molar refractivity (Wildman–Crippen MR) is 51.6 cm³/mol. The molecule has 0 saturated carbocycles. The van der Waals surface area contributed by atoms with Gasteiger partial charge in [0.15, 0.2) is 5.69 Å². The first-order chi connectivity index (χ1) is 7.27. The summed E-state index contributed by atoms with van der Waals surface area (Å²) in [6.07, 6.45) is -7.93. The van der Waals surface area contributed by atoms with Crippen molar-refractivity contribution in [3.63, 3.8) is 0 Å². The molecule has 16 heavy (non-hydrogen) atoms. The van der Waals surface area contributed by atoms with E-state index in [-0.39, 0.29) is 0 Å². The van der Waals surface area contributed by atoms with E-state index < -0.39 is 33.1 Å². The molecule has 0 amide bonds. The predicted octanol–water partition coefficient (Wildman–Crippen LogP) is 3.51. The van der Waals surface area contributed by atoms with Gasteiger partial charge in [-0.2, -0.15) is 18.4 Å². The monoisotopic (exact) mass is 348 g/mol. The van der Waals surface area contributed by atoms with Gasteiger partial charge in [0.25, 0.3) is 6.43 Å². The van der Waals surface area contributed by atoms with Crippen molar-refractivity contribution in [1.82, 2.24) is 4.98 Å². The van der Waals surface area contributed by atoms with Crippen molar-refractivity contribution in [3.05, 3.63) is 26.6 Å². The quantitative estimate of drug-likeness (QED) is 0.575. The van der Waals surface area contributed by atoms with E-state index in [0.29, 0.717) is 6.07 Å². The van der Waals surface area contributed by atoms with E-state index in [1.165, 1.54) is 6.07 Å². The summed E-state index contributed by atoms with van der Waals surface area (Å²) in [7, 11) is 0. The Morgan fingerprint density at radius 2 is 1.94 bits per heavy atom.